The molecule has 0 aliphatic rings. The number of amides is 3. The molecule has 3 amide bonds. The Bertz CT molecular complexity index is 626. The number of hydrogen-bond donors (Lipinski definition) is 5. The van der Waals surface area contributed by atoms with E-state index in [1.165, 1.54) is 14.0 Å². The summed E-state index contributed by atoms with van der Waals surface area (Å²) in [5.74, 6) is -2.56. The van der Waals surface area contributed by atoms with Crippen LogP contribution in [0.5, 0.6) is 0 Å². The number of carbonyl (C=O) groups excluding carboxylic acids is 4. The lowest BCUT2D eigenvalue weighted by molar-refractivity contribution is -0.146. The molecule has 0 fully saturated rings. The minimum atomic E-state index is -1.43. The van der Waals surface area contributed by atoms with Crippen molar-refractivity contribution in [3.8, 4) is 0 Å². The van der Waals surface area contributed by atoms with Crippen LogP contribution in [0.25, 0.3) is 0 Å². The topological polar surface area (TPSA) is 160 Å². The van der Waals surface area contributed by atoms with E-state index in [9.17, 15) is 24.3 Å². The molecular formula is C22H42N4O6. The number of nitrogens with one attached hydrogen (secondary N) is 3. The maximum absolute atomic E-state index is 12.8. The van der Waals surface area contributed by atoms with Crippen LogP contribution in [0.4, 0.5) is 0 Å². The first-order valence-electron chi connectivity index (χ1n) is 11.3. The summed E-state index contributed by atoms with van der Waals surface area (Å²) in [6.45, 7) is 10.8. The summed E-state index contributed by atoms with van der Waals surface area (Å²) in [5, 5.41) is 17.8. The molecule has 6 N–H and O–H groups in total. The Labute approximate surface area is 191 Å². The number of esters is 1. The third-order valence-electron chi connectivity index (χ3n) is 5.08. The monoisotopic (exact) mass is 458 g/mol. The standard InChI is InChI=1S/C22H42N4O6/c1-8-9-10-15(23)18(27)21(30)24-14(6)19(28)25-16(11-12(2)3)20(29)26-17(13(4)5)22(31)32-7/h12-18,27H,8-11,23H2,1-7H3,(H,24,30)(H,25,28)(H,26,29)/t14-,15+,16-,17-,18-/m0/s1. The molecule has 0 saturated carbocycles. The molecule has 0 radical (unpaired) electrons. The fourth-order valence-electron chi connectivity index (χ4n) is 3.03. The summed E-state index contributed by atoms with van der Waals surface area (Å²) in [5.41, 5.74) is 5.84. The SMILES string of the molecule is CCCC[C@@H](N)[C@H](O)C(=O)N[C@@H](C)C(=O)N[C@@H](CC(C)C)C(=O)N[C@H](C(=O)OC)C(C)C. The number of methoxy groups -OCH3 is 1. The molecular weight excluding hydrogens is 416 g/mol. The molecule has 10 heteroatoms. The molecule has 186 valence electrons. The zero-order chi connectivity index (χ0) is 25.0. The highest BCUT2D eigenvalue weighted by Gasteiger charge is 2.31. The number of carbonyl (C=O) groups is 4. The van der Waals surface area contributed by atoms with Crippen molar-refractivity contribution in [1.29, 1.82) is 0 Å². The highest BCUT2D eigenvalue weighted by atomic mass is 16.5. The first-order valence-corrected chi connectivity index (χ1v) is 11.3. The van der Waals surface area contributed by atoms with Gasteiger partial charge in [0.1, 0.15) is 24.2 Å². The maximum Gasteiger partial charge on any atom is 0.328 e. The van der Waals surface area contributed by atoms with Gasteiger partial charge in [0.25, 0.3) is 5.91 Å². The van der Waals surface area contributed by atoms with Gasteiger partial charge in [0, 0.05) is 6.04 Å². The fourth-order valence-corrected chi connectivity index (χ4v) is 3.03. The minimum Gasteiger partial charge on any atom is -0.467 e. The molecule has 0 unspecified atom stereocenters. The second-order valence-electron chi connectivity index (χ2n) is 8.93. The molecule has 0 aromatic carbocycles. The van der Waals surface area contributed by atoms with Crippen molar-refractivity contribution in [2.24, 2.45) is 17.6 Å². The van der Waals surface area contributed by atoms with Crippen molar-refractivity contribution < 1.29 is 29.0 Å². The van der Waals surface area contributed by atoms with E-state index in [4.69, 9.17) is 10.5 Å². The van der Waals surface area contributed by atoms with Crippen LogP contribution >= 0.6 is 0 Å². The Balaban J connectivity index is 5.14. The van der Waals surface area contributed by atoms with Crippen molar-refractivity contribution in [1.82, 2.24) is 16.0 Å². The van der Waals surface area contributed by atoms with Crippen molar-refractivity contribution in [2.45, 2.75) is 97.5 Å². The Morgan fingerprint density at radius 2 is 1.53 bits per heavy atom. The van der Waals surface area contributed by atoms with Gasteiger partial charge < -0.3 is 31.5 Å². The lowest BCUT2D eigenvalue weighted by Crippen LogP contribution is -2.57. The van der Waals surface area contributed by atoms with Crippen LogP contribution in [0.2, 0.25) is 0 Å². The van der Waals surface area contributed by atoms with E-state index in [2.05, 4.69) is 16.0 Å². The molecule has 32 heavy (non-hydrogen) atoms. The van der Waals surface area contributed by atoms with Gasteiger partial charge in [0.15, 0.2) is 0 Å². The van der Waals surface area contributed by atoms with Crippen LogP contribution in [-0.2, 0) is 23.9 Å². The van der Waals surface area contributed by atoms with E-state index < -0.39 is 54.0 Å². The molecule has 0 heterocycles. The zero-order valence-electron chi connectivity index (χ0n) is 20.4. The predicted octanol–water partition coefficient (Wildman–Crippen LogP) is 0.214. The summed E-state index contributed by atoms with van der Waals surface area (Å²) in [6.07, 6.45) is 1.04. The van der Waals surface area contributed by atoms with Crippen molar-refractivity contribution >= 4 is 23.7 Å². The van der Waals surface area contributed by atoms with E-state index in [-0.39, 0.29) is 11.8 Å². The van der Waals surface area contributed by atoms with Gasteiger partial charge in [0.05, 0.1) is 7.11 Å². The van der Waals surface area contributed by atoms with Crippen LogP contribution in [0, 0.1) is 11.8 Å². The third-order valence-corrected chi connectivity index (χ3v) is 5.08. The summed E-state index contributed by atoms with van der Waals surface area (Å²) in [6, 6.07) is -3.49. The second-order valence-corrected chi connectivity index (χ2v) is 8.93. The summed E-state index contributed by atoms with van der Waals surface area (Å²) in [4.78, 5) is 49.7. The molecule has 10 nitrogen and oxygen atoms in total. The normalized spacial score (nSPS) is 16.0. The number of unbranched alkanes of at least 4 members (excludes halogenated alkanes) is 1. The van der Waals surface area contributed by atoms with Gasteiger partial charge in [-0.3, -0.25) is 14.4 Å². The lowest BCUT2D eigenvalue weighted by atomic mass is 10.00. The average molecular weight is 459 g/mol. The van der Waals surface area contributed by atoms with Gasteiger partial charge in [-0.05, 0) is 31.6 Å². The second kappa shape index (κ2) is 14.8. The van der Waals surface area contributed by atoms with Gasteiger partial charge in [-0.2, -0.15) is 0 Å². The van der Waals surface area contributed by atoms with Crippen LogP contribution in [0.3, 0.4) is 0 Å². The molecule has 0 aliphatic heterocycles. The van der Waals surface area contributed by atoms with Crippen LogP contribution in [0.15, 0.2) is 0 Å². The largest absolute Gasteiger partial charge is 0.467 e. The van der Waals surface area contributed by atoms with Crippen molar-refractivity contribution in [3.63, 3.8) is 0 Å². The number of aliphatic hydroxyl groups is 1. The van der Waals surface area contributed by atoms with Gasteiger partial charge in [-0.15, -0.1) is 0 Å². The Morgan fingerprint density at radius 1 is 0.938 bits per heavy atom. The number of ether oxygens (including phenoxy) is 1. The number of rotatable bonds is 14. The third kappa shape index (κ3) is 10.4. The molecule has 0 spiro atoms. The van der Waals surface area contributed by atoms with E-state index in [1.807, 2.05) is 20.8 Å². The van der Waals surface area contributed by atoms with Crippen molar-refractivity contribution in [2.75, 3.05) is 7.11 Å². The van der Waals surface area contributed by atoms with Crippen LogP contribution in [0.1, 0.15) is 67.2 Å². The van der Waals surface area contributed by atoms with Crippen LogP contribution < -0.4 is 21.7 Å². The van der Waals surface area contributed by atoms with E-state index >= 15 is 0 Å². The number of aliphatic hydroxyl groups excluding tert-OH is 1. The van der Waals surface area contributed by atoms with E-state index in [1.54, 1.807) is 13.8 Å². The average Bonchev–Trinajstić information content (AvgIpc) is 2.72. The molecule has 5 atom stereocenters. The van der Waals surface area contributed by atoms with Gasteiger partial charge >= 0.3 is 5.97 Å². The summed E-state index contributed by atoms with van der Waals surface area (Å²) >= 11 is 0. The Morgan fingerprint density at radius 3 is 2.00 bits per heavy atom. The molecule has 0 saturated heterocycles. The summed E-state index contributed by atoms with van der Waals surface area (Å²) in [7, 11) is 1.24. The fraction of sp³-hybridized carbons (Fsp3) is 0.818. The smallest absolute Gasteiger partial charge is 0.328 e. The molecule has 0 aromatic rings. The first-order chi connectivity index (χ1) is 14.8. The van der Waals surface area contributed by atoms with Gasteiger partial charge in [-0.25, -0.2) is 4.79 Å². The van der Waals surface area contributed by atoms with E-state index in [0.29, 0.717) is 12.8 Å². The quantitative estimate of drug-likeness (QED) is 0.233. The lowest BCUT2D eigenvalue weighted by Gasteiger charge is -2.26. The molecule has 0 bridgehead atoms. The molecule has 0 aliphatic carbocycles. The van der Waals surface area contributed by atoms with Gasteiger partial charge in [0.2, 0.25) is 11.8 Å². The first kappa shape index (κ1) is 29.8. The minimum absolute atomic E-state index is 0.0740. The van der Waals surface area contributed by atoms with Crippen molar-refractivity contribution in [3.05, 3.63) is 0 Å². The number of hydrogen-bond acceptors (Lipinski definition) is 7. The van der Waals surface area contributed by atoms with Gasteiger partial charge in [-0.1, -0.05) is 47.5 Å². The van der Waals surface area contributed by atoms with E-state index in [0.717, 1.165) is 12.8 Å². The highest BCUT2D eigenvalue weighted by Crippen LogP contribution is 2.09. The predicted molar refractivity (Wildman–Crippen MR) is 121 cm³/mol. The Hall–Kier alpha value is -2.20. The highest BCUT2D eigenvalue weighted by molar-refractivity contribution is 5.94. The number of nitrogens with two attached hydrogens (primary N) is 1. The zero-order valence-corrected chi connectivity index (χ0v) is 20.4. The van der Waals surface area contributed by atoms with Crippen LogP contribution in [-0.4, -0.2) is 66.2 Å². The maximum atomic E-state index is 12.8. The summed E-state index contributed by atoms with van der Waals surface area (Å²) < 4.78 is 4.74. The molecule has 0 rings (SSSR count). The Kier molecular flexibility index (Phi) is 13.8. The molecule has 0 aromatic heterocycles.